The Morgan fingerprint density at radius 2 is 1.86 bits per heavy atom. The largest absolute Gasteiger partial charge is 0.505 e. The van der Waals surface area contributed by atoms with Gasteiger partial charge in [-0.3, -0.25) is 4.99 Å². The van der Waals surface area contributed by atoms with E-state index in [1.54, 1.807) is 18.3 Å². The van der Waals surface area contributed by atoms with Crippen LogP contribution in [0.1, 0.15) is 16.7 Å². The zero-order valence-electron chi connectivity index (χ0n) is 11.7. The molecule has 1 N–H and O–H groups in total. The van der Waals surface area contributed by atoms with Gasteiger partial charge in [-0.15, -0.1) is 0 Å². The minimum Gasteiger partial charge on any atom is -0.505 e. The second-order valence-corrected chi connectivity index (χ2v) is 5.34. The standard InChI is InChI=1S/C16H14ClNO3/c1-9-3-10(2)16(19)13(4-9)18-7-11-5-14-15(6-12(11)17)21-8-20-14/h3-7,19H,8H2,1-2H3. The Morgan fingerprint density at radius 1 is 1.14 bits per heavy atom. The molecule has 21 heavy (non-hydrogen) atoms. The highest BCUT2D eigenvalue weighted by Gasteiger charge is 2.15. The normalized spacial score (nSPS) is 13.1. The molecule has 0 saturated carbocycles. The van der Waals surface area contributed by atoms with Crippen LogP contribution in [0, 0.1) is 13.8 Å². The summed E-state index contributed by atoms with van der Waals surface area (Å²) in [6.45, 7) is 4.00. The molecule has 0 amide bonds. The van der Waals surface area contributed by atoms with Crippen LogP contribution in [0.3, 0.4) is 0 Å². The summed E-state index contributed by atoms with van der Waals surface area (Å²) >= 11 is 6.19. The molecule has 0 aliphatic carbocycles. The number of hydrogen-bond donors (Lipinski definition) is 1. The van der Waals surface area contributed by atoms with E-state index < -0.39 is 0 Å². The van der Waals surface area contributed by atoms with E-state index in [9.17, 15) is 5.11 Å². The maximum atomic E-state index is 10.0. The second kappa shape index (κ2) is 5.30. The van der Waals surface area contributed by atoms with Gasteiger partial charge in [0, 0.05) is 17.8 Å². The van der Waals surface area contributed by atoms with E-state index in [1.165, 1.54) is 0 Å². The lowest BCUT2D eigenvalue weighted by molar-refractivity contribution is 0.174. The minimum absolute atomic E-state index is 0.175. The predicted molar refractivity (Wildman–Crippen MR) is 82.4 cm³/mol. The summed E-state index contributed by atoms with van der Waals surface area (Å²) in [5.41, 5.74) is 3.05. The molecule has 4 nitrogen and oxygen atoms in total. The van der Waals surface area contributed by atoms with Gasteiger partial charge >= 0.3 is 0 Å². The van der Waals surface area contributed by atoms with Crippen molar-refractivity contribution in [2.75, 3.05) is 6.79 Å². The molecular formula is C16H14ClNO3. The third kappa shape index (κ3) is 2.67. The molecule has 2 aromatic rings. The molecule has 1 heterocycles. The maximum Gasteiger partial charge on any atom is 0.231 e. The molecule has 2 aromatic carbocycles. The van der Waals surface area contributed by atoms with E-state index >= 15 is 0 Å². The Bertz CT molecular complexity index is 741. The van der Waals surface area contributed by atoms with Crippen LogP contribution < -0.4 is 9.47 Å². The zero-order valence-corrected chi connectivity index (χ0v) is 12.4. The van der Waals surface area contributed by atoms with E-state index in [4.69, 9.17) is 21.1 Å². The maximum absolute atomic E-state index is 10.0. The number of phenols is 1. The van der Waals surface area contributed by atoms with Crippen LogP contribution in [-0.4, -0.2) is 18.1 Å². The van der Waals surface area contributed by atoms with E-state index in [0.29, 0.717) is 27.8 Å². The van der Waals surface area contributed by atoms with Gasteiger partial charge in [0.15, 0.2) is 11.5 Å². The highest BCUT2D eigenvalue weighted by molar-refractivity contribution is 6.33. The second-order valence-electron chi connectivity index (χ2n) is 4.93. The van der Waals surface area contributed by atoms with Crippen molar-refractivity contribution in [2.24, 2.45) is 4.99 Å². The van der Waals surface area contributed by atoms with Gasteiger partial charge in [0.25, 0.3) is 0 Å². The quantitative estimate of drug-likeness (QED) is 0.848. The summed E-state index contributed by atoms with van der Waals surface area (Å²) in [6, 6.07) is 7.20. The van der Waals surface area contributed by atoms with Crippen molar-refractivity contribution < 1.29 is 14.6 Å². The number of halogens is 1. The van der Waals surface area contributed by atoms with E-state index in [0.717, 1.165) is 11.1 Å². The fraction of sp³-hybridized carbons (Fsp3) is 0.188. The number of benzene rings is 2. The Morgan fingerprint density at radius 3 is 2.62 bits per heavy atom. The topological polar surface area (TPSA) is 51.1 Å². The number of phenolic OH excluding ortho intramolecular Hbond substituents is 1. The highest BCUT2D eigenvalue weighted by atomic mass is 35.5. The van der Waals surface area contributed by atoms with E-state index in [-0.39, 0.29) is 12.5 Å². The molecule has 0 radical (unpaired) electrons. The van der Waals surface area contributed by atoms with Crippen LogP contribution in [0.25, 0.3) is 0 Å². The van der Waals surface area contributed by atoms with Crippen LogP contribution >= 0.6 is 11.6 Å². The van der Waals surface area contributed by atoms with Crippen molar-refractivity contribution in [3.05, 3.63) is 46.0 Å². The Labute approximate surface area is 127 Å². The van der Waals surface area contributed by atoms with Gasteiger partial charge in [0.05, 0.1) is 5.02 Å². The van der Waals surface area contributed by atoms with E-state index in [1.807, 2.05) is 26.0 Å². The van der Waals surface area contributed by atoms with Gasteiger partial charge < -0.3 is 14.6 Å². The number of fused-ring (bicyclic) bond motifs is 1. The van der Waals surface area contributed by atoms with Crippen LogP contribution in [0.5, 0.6) is 17.2 Å². The van der Waals surface area contributed by atoms with Crippen molar-refractivity contribution in [1.82, 2.24) is 0 Å². The van der Waals surface area contributed by atoms with Gasteiger partial charge in [-0.1, -0.05) is 17.7 Å². The van der Waals surface area contributed by atoms with Gasteiger partial charge in [-0.05, 0) is 37.1 Å². The Balaban J connectivity index is 1.97. The predicted octanol–water partition coefficient (Wildman–Crippen LogP) is 4.14. The lowest BCUT2D eigenvalue weighted by Crippen LogP contribution is -1.92. The van der Waals surface area contributed by atoms with Crippen molar-refractivity contribution in [3.8, 4) is 17.2 Å². The lowest BCUT2D eigenvalue weighted by atomic mass is 10.1. The van der Waals surface area contributed by atoms with Gasteiger partial charge in [-0.2, -0.15) is 0 Å². The molecular weight excluding hydrogens is 290 g/mol. The first-order valence-corrected chi connectivity index (χ1v) is 6.86. The van der Waals surface area contributed by atoms with E-state index in [2.05, 4.69) is 4.99 Å². The number of ether oxygens (including phenoxy) is 2. The summed E-state index contributed by atoms with van der Waals surface area (Å²) in [7, 11) is 0. The molecule has 108 valence electrons. The number of rotatable bonds is 2. The van der Waals surface area contributed by atoms with Crippen LogP contribution in [-0.2, 0) is 0 Å². The summed E-state index contributed by atoms with van der Waals surface area (Å²) in [5.74, 6) is 1.45. The molecule has 0 spiro atoms. The molecule has 1 aliphatic heterocycles. The Hall–Kier alpha value is -2.20. The summed E-state index contributed by atoms with van der Waals surface area (Å²) < 4.78 is 10.6. The molecule has 0 aromatic heterocycles. The SMILES string of the molecule is Cc1cc(C)c(O)c(N=Cc2cc3c(cc2Cl)OCO3)c1. The average molecular weight is 304 g/mol. The lowest BCUT2D eigenvalue weighted by Gasteiger charge is -2.05. The zero-order chi connectivity index (χ0) is 15.0. The van der Waals surface area contributed by atoms with Crippen LogP contribution in [0.15, 0.2) is 29.3 Å². The minimum atomic E-state index is 0.175. The molecule has 0 atom stereocenters. The fourth-order valence-electron chi connectivity index (χ4n) is 2.21. The first kappa shape index (κ1) is 13.8. The molecule has 3 rings (SSSR count). The molecule has 0 saturated heterocycles. The number of hydrogen-bond acceptors (Lipinski definition) is 4. The van der Waals surface area contributed by atoms with Gasteiger partial charge in [0.1, 0.15) is 11.4 Å². The van der Waals surface area contributed by atoms with Crippen LogP contribution in [0.4, 0.5) is 5.69 Å². The first-order valence-electron chi connectivity index (χ1n) is 6.48. The fourth-order valence-corrected chi connectivity index (χ4v) is 2.41. The van der Waals surface area contributed by atoms with Crippen LogP contribution in [0.2, 0.25) is 5.02 Å². The molecule has 5 heteroatoms. The molecule has 0 fully saturated rings. The number of aryl methyl sites for hydroxylation is 2. The van der Waals surface area contributed by atoms with Crippen molar-refractivity contribution in [1.29, 1.82) is 0 Å². The molecule has 1 aliphatic rings. The third-order valence-corrected chi connectivity index (χ3v) is 3.59. The molecule has 0 unspecified atom stereocenters. The van der Waals surface area contributed by atoms with Crippen molar-refractivity contribution in [3.63, 3.8) is 0 Å². The van der Waals surface area contributed by atoms with Crippen molar-refractivity contribution in [2.45, 2.75) is 13.8 Å². The summed E-state index contributed by atoms with van der Waals surface area (Å²) in [6.07, 6.45) is 1.61. The number of aliphatic imine (C=N–C) groups is 1. The van der Waals surface area contributed by atoms with Gasteiger partial charge in [-0.25, -0.2) is 0 Å². The average Bonchev–Trinajstić information content (AvgIpc) is 2.88. The third-order valence-electron chi connectivity index (χ3n) is 3.26. The molecule has 0 bridgehead atoms. The summed E-state index contributed by atoms with van der Waals surface area (Å²) in [5, 5.41) is 10.6. The van der Waals surface area contributed by atoms with Crippen molar-refractivity contribution >= 4 is 23.5 Å². The first-order chi connectivity index (χ1) is 10.0. The number of nitrogens with zero attached hydrogens (tertiary/aromatic N) is 1. The van der Waals surface area contributed by atoms with Gasteiger partial charge in [0.2, 0.25) is 6.79 Å². The highest BCUT2D eigenvalue weighted by Crippen LogP contribution is 2.37. The number of aromatic hydroxyl groups is 1. The summed E-state index contributed by atoms with van der Waals surface area (Å²) in [4.78, 5) is 4.33. The smallest absolute Gasteiger partial charge is 0.231 e. The Kier molecular flexibility index (Phi) is 3.47. The monoisotopic (exact) mass is 303 g/mol.